The molecule has 130 valence electrons. The standard InChI is InChI=1S/C18H30N2O3/c1-13(2)6-5-7-16-12-20(10-11-22-16)18(21)9-8-17-14(3)19-23-15(17)4/h13,16H,5-12H2,1-4H3. The van der Waals surface area contributed by atoms with Crippen LogP contribution in [0.1, 0.15) is 56.5 Å². The van der Waals surface area contributed by atoms with Crippen molar-refractivity contribution in [2.24, 2.45) is 5.92 Å². The summed E-state index contributed by atoms with van der Waals surface area (Å²) in [6, 6.07) is 0. The molecule has 0 aromatic carbocycles. The summed E-state index contributed by atoms with van der Waals surface area (Å²) in [4.78, 5) is 14.4. The Kier molecular flexibility index (Phi) is 6.63. The van der Waals surface area contributed by atoms with Crippen molar-refractivity contribution in [3.63, 3.8) is 0 Å². The van der Waals surface area contributed by atoms with Crippen LogP contribution >= 0.6 is 0 Å². The van der Waals surface area contributed by atoms with Gasteiger partial charge in [-0.25, -0.2) is 0 Å². The molecule has 0 saturated carbocycles. The van der Waals surface area contributed by atoms with Gasteiger partial charge in [-0.05, 0) is 32.6 Å². The first-order chi connectivity index (χ1) is 11.0. The van der Waals surface area contributed by atoms with Crippen LogP contribution in [0.15, 0.2) is 4.52 Å². The molecule has 1 aromatic rings. The normalized spacial score (nSPS) is 18.7. The lowest BCUT2D eigenvalue weighted by molar-refractivity contribution is -0.139. The van der Waals surface area contributed by atoms with Gasteiger partial charge in [0, 0.05) is 25.1 Å². The molecule has 1 aliphatic heterocycles. The number of carbonyl (C=O) groups excluding carboxylic acids is 1. The van der Waals surface area contributed by atoms with E-state index >= 15 is 0 Å². The predicted octanol–water partition coefficient (Wildman–Crippen LogP) is 3.28. The van der Waals surface area contributed by atoms with Gasteiger partial charge in [0.2, 0.25) is 5.91 Å². The fourth-order valence-corrected chi connectivity index (χ4v) is 3.12. The first-order valence-electron chi connectivity index (χ1n) is 8.78. The molecule has 0 radical (unpaired) electrons. The van der Waals surface area contributed by atoms with Crippen LogP contribution < -0.4 is 0 Å². The van der Waals surface area contributed by atoms with E-state index in [0.717, 1.165) is 35.9 Å². The first kappa shape index (κ1) is 18.0. The maximum absolute atomic E-state index is 12.5. The van der Waals surface area contributed by atoms with Gasteiger partial charge in [0.05, 0.1) is 18.4 Å². The van der Waals surface area contributed by atoms with Crippen LogP contribution in [0.25, 0.3) is 0 Å². The number of morpholine rings is 1. The molecule has 0 spiro atoms. The third-order valence-electron chi connectivity index (χ3n) is 4.57. The summed E-state index contributed by atoms with van der Waals surface area (Å²) < 4.78 is 11.0. The van der Waals surface area contributed by atoms with Gasteiger partial charge >= 0.3 is 0 Å². The molecule has 1 aliphatic rings. The summed E-state index contributed by atoms with van der Waals surface area (Å²) in [6.45, 7) is 10.4. The number of ether oxygens (including phenoxy) is 1. The fraction of sp³-hybridized carbons (Fsp3) is 0.778. The fourth-order valence-electron chi connectivity index (χ4n) is 3.12. The van der Waals surface area contributed by atoms with E-state index in [0.29, 0.717) is 26.0 Å². The Bertz CT molecular complexity index is 491. The van der Waals surface area contributed by atoms with Crippen molar-refractivity contribution < 1.29 is 14.1 Å². The summed E-state index contributed by atoms with van der Waals surface area (Å²) in [5.74, 6) is 1.76. The number of aromatic nitrogens is 1. The Hall–Kier alpha value is -1.36. The van der Waals surface area contributed by atoms with Crippen molar-refractivity contribution in [2.45, 2.75) is 65.9 Å². The zero-order valence-corrected chi connectivity index (χ0v) is 14.9. The van der Waals surface area contributed by atoms with Gasteiger partial charge < -0.3 is 14.2 Å². The van der Waals surface area contributed by atoms with E-state index in [4.69, 9.17) is 9.26 Å². The Morgan fingerprint density at radius 2 is 2.17 bits per heavy atom. The number of hydrogen-bond acceptors (Lipinski definition) is 4. The van der Waals surface area contributed by atoms with E-state index in [2.05, 4.69) is 19.0 Å². The molecule has 2 rings (SSSR count). The molecule has 5 nitrogen and oxygen atoms in total. The van der Waals surface area contributed by atoms with Gasteiger partial charge in [0.25, 0.3) is 0 Å². The maximum atomic E-state index is 12.5. The monoisotopic (exact) mass is 322 g/mol. The smallest absolute Gasteiger partial charge is 0.223 e. The van der Waals surface area contributed by atoms with E-state index in [-0.39, 0.29) is 12.0 Å². The molecule has 1 unspecified atom stereocenters. The van der Waals surface area contributed by atoms with Crippen LogP contribution in [0, 0.1) is 19.8 Å². The topological polar surface area (TPSA) is 55.6 Å². The Morgan fingerprint density at radius 1 is 1.39 bits per heavy atom. The highest BCUT2D eigenvalue weighted by Crippen LogP contribution is 2.18. The zero-order valence-electron chi connectivity index (χ0n) is 14.9. The predicted molar refractivity (Wildman–Crippen MR) is 89.3 cm³/mol. The number of carbonyl (C=O) groups is 1. The molecule has 1 amide bonds. The molecule has 1 fully saturated rings. The molecule has 1 saturated heterocycles. The number of rotatable bonds is 7. The molecular weight excluding hydrogens is 292 g/mol. The van der Waals surface area contributed by atoms with Gasteiger partial charge in [-0.3, -0.25) is 4.79 Å². The lowest BCUT2D eigenvalue weighted by atomic mass is 10.0. The second-order valence-electron chi connectivity index (χ2n) is 6.96. The first-order valence-corrected chi connectivity index (χ1v) is 8.78. The van der Waals surface area contributed by atoms with Crippen molar-refractivity contribution in [3.8, 4) is 0 Å². The third-order valence-corrected chi connectivity index (χ3v) is 4.57. The van der Waals surface area contributed by atoms with Crippen LogP contribution in [-0.4, -0.2) is 41.8 Å². The average Bonchev–Trinajstić information content (AvgIpc) is 2.83. The summed E-state index contributed by atoms with van der Waals surface area (Å²) >= 11 is 0. The van der Waals surface area contributed by atoms with E-state index in [1.165, 1.54) is 12.8 Å². The molecule has 0 bridgehead atoms. The van der Waals surface area contributed by atoms with Crippen LogP contribution in [0.3, 0.4) is 0 Å². The molecule has 0 N–H and O–H groups in total. The highest BCUT2D eigenvalue weighted by molar-refractivity contribution is 5.76. The van der Waals surface area contributed by atoms with Gasteiger partial charge in [0.15, 0.2) is 0 Å². The van der Waals surface area contributed by atoms with E-state index in [1.54, 1.807) is 0 Å². The maximum Gasteiger partial charge on any atom is 0.223 e. The second-order valence-corrected chi connectivity index (χ2v) is 6.96. The number of nitrogens with zero attached hydrogens (tertiary/aromatic N) is 2. The van der Waals surface area contributed by atoms with Gasteiger partial charge in [0.1, 0.15) is 5.76 Å². The molecule has 23 heavy (non-hydrogen) atoms. The van der Waals surface area contributed by atoms with Crippen LogP contribution in [-0.2, 0) is 16.0 Å². The number of amides is 1. The molecule has 2 heterocycles. The minimum Gasteiger partial charge on any atom is -0.375 e. The molecule has 0 aliphatic carbocycles. The molecule has 1 atom stereocenters. The number of hydrogen-bond donors (Lipinski definition) is 0. The number of aryl methyl sites for hydroxylation is 2. The second kappa shape index (κ2) is 8.48. The minimum atomic E-state index is 0.200. The van der Waals surface area contributed by atoms with Gasteiger partial charge in [-0.15, -0.1) is 0 Å². The van der Waals surface area contributed by atoms with E-state index in [9.17, 15) is 4.79 Å². The average molecular weight is 322 g/mol. The van der Waals surface area contributed by atoms with E-state index < -0.39 is 0 Å². The van der Waals surface area contributed by atoms with Crippen molar-refractivity contribution in [2.75, 3.05) is 19.7 Å². The third kappa shape index (κ3) is 5.34. The summed E-state index contributed by atoms with van der Waals surface area (Å²) in [5, 5.41) is 3.95. The van der Waals surface area contributed by atoms with Crippen LogP contribution in [0.2, 0.25) is 0 Å². The summed E-state index contributed by atoms with van der Waals surface area (Å²) in [6.07, 6.45) is 4.86. The van der Waals surface area contributed by atoms with Crippen molar-refractivity contribution in [3.05, 3.63) is 17.0 Å². The SMILES string of the molecule is Cc1noc(C)c1CCC(=O)N1CCOC(CCCC(C)C)C1. The largest absolute Gasteiger partial charge is 0.375 e. The Labute approximate surface area is 139 Å². The highest BCUT2D eigenvalue weighted by Gasteiger charge is 2.24. The molecular formula is C18H30N2O3. The zero-order chi connectivity index (χ0) is 16.8. The Balaban J connectivity index is 1.77. The van der Waals surface area contributed by atoms with Gasteiger partial charge in [-0.2, -0.15) is 0 Å². The lowest BCUT2D eigenvalue weighted by Crippen LogP contribution is -2.45. The molecule has 5 heteroatoms. The Morgan fingerprint density at radius 3 is 2.83 bits per heavy atom. The van der Waals surface area contributed by atoms with Crippen LogP contribution in [0.5, 0.6) is 0 Å². The van der Waals surface area contributed by atoms with Crippen molar-refractivity contribution >= 4 is 5.91 Å². The summed E-state index contributed by atoms with van der Waals surface area (Å²) in [5.41, 5.74) is 1.96. The minimum absolute atomic E-state index is 0.200. The highest BCUT2D eigenvalue weighted by atomic mass is 16.5. The lowest BCUT2D eigenvalue weighted by Gasteiger charge is -2.33. The van der Waals surface area contributed by atoms with Crippen LogP contribution in [0.4, 0.5) is 0 Å². The van der Waals surface area contributed by atoms with Crippen molar-refractivity contribution in [1.82, 2.24) is 10.1 Å². The van der Waals surface area contributed by atoms with Gasteiger partial charge in [-0.1, -0.05) is 31.8 Å². The molecule has 1 aromatic heterocycles. The quantitative estimate of drug-likeness (QED) is 0.773. The van der Waals surface area contributed by atoms with Crippen molar-refractivity contribution in [1.29, 1.82) is 0 Å². The van der Waals surface area contributed by atoms with E-state index in [1.807, 2.05) is 18.7 Å². The summed E-state index contributed by atoms with van der Waals surface area (Å²) in [7, 11) is 0.